The number of hydrogen-bond donors (Lipinski definition) is 0. The Balaban J connectivity index is 3.27. The summed E-state index contributed by atoms with van der Waals surface area (Å²) in [5, 5.41) is 0. The fourth-order valence-electron chi connectivity index (χ4n) is 1.24. The highest BCUT2D eigenvalue weighted by atomic mass is 19.3. The SMILES string of the molecule is CC(=O)c1c(F)cc(C)cc1OC(F)F. The highest BCUT2D eigenvalue weighted by molar-refractivity contribution is 5.97. The van der Waals surface area contributed by atoms with Crippen LogP contribution in [0.15, 0.2) is 12.1 Å². The van der Waals surface area contributed by atoms with Gasteiger partial charge in [-0.2, -0.15) is 8.78 Å². The molecule has 5 heteroatoms. The smallest absolute Gasteiger partial charge is 0.387 e. The second-order valence-corrected chi connectivity index (χ2v) is 3.05. The topological polar surface area (TPSA) is 26.3 Å². The molecule has 82 valence electrons. The molecule has 0 aliphatic rings. The van der Waals surface area contributed by atoms with Gasteiger partial charge >= 0.3 is 6.61 Å². The number of Topliss-reactive ketones (excluding diaryl/α,β-unsaturated/α-hetero) is 1. The van der Waals surface area contributed by atoms with E-state index in [0.29, 0.717) is 5.56 Å². The average Bonchev–Trinajstić information content (AvgIpc) is 1.99. The minimum Gasteiger partial charge on any atom is -0.434 e. The monoisotopic (exact) mass is 218 g/mol. The molecule has 0 aliphatic carbocycles. The van der Waals surface area contributed by atoms with Crippen LogP contribution < -0.4 is 4.74 Å². The summed E-state index contributed by atoms with van der Waals surface area (Å²) in [6.07, 6.45) is 0. The molecule has 0 heterocycles. The van der Waals surface area contributed by atoms with E-state index in [1.165, 1.54) is 13.0 Å². The largest absolute Gasteiger partial charge is 0.434 e. The van der Waals surface area contributed by atoms with Crippen molar-refractivity contribution in [1.29, 1.82) is 0 Å². The van der Waals surface area contributed by atoms with Gasteiger partial charge in [-0.3, -0.25) is 4.79 Å². The van der Waals surface area contributed by atoms with Crippen molar-refractivity contribution < 1.29 is 22.7 Å². The lowest BCUT2D eigenvalue weighted by molar-refractivity contribution is -0.0503. The number of halogens is 3. The molecule has 15 heavy (non-hydrogen) atoms. The molecule has 0 unspecified atom stereocenters. The van der Waals surface area contributed by atoms with E-state index in [1.807, 2.05) is 0 Å². The van der Waals surface area contributed by atoms with Crippen LogP contribution in [0.2, 0.25) is 0 Å². The van der Waals surface area contributed by atoms with Gasteiger partial charge in [-0.1, -0.05) is 0 Å². The molecule has 0 amide bonds. The molecule has 0 atom stereocenters. The van der Waals surface area contributed by atoms with E-state index in [-0.39, 0.29) is 0 Å². The molecule has 0 bridgehead atoms. The van der Waals surface area contributed by atoms with Crippen LogP contribution in [0, 0.1) is 12.7 Å². The highest BCUT2D eigenvalue weighted by Crippen LogP contribution is 2.25. The number of aryl methyl sites for hydroxylation is 1. The molecule has 0 spiro atoms. The third-order valence-corrected chi connectivity index (χ3v) is 1.77. The van der Waals surface area contributed by atoms with Crippen LogP contribution in [0.3, 0.4) is 0 Å². The molecule has 0 radical (unpaired) electrons. The van der Waals surface area contributed by atoms with Crippen molar-refractivity contribution >= 4 is 5.78 Å². The summed E-state index contributed by atoms with van der Waals surface area (Å²) < 4.78 is 41.3. The number of benzene rings is 1. The molecule has 1 rings (SSSR count). The fraction of sp³-hybridized carbons (Fsp3) is 0.300. The van der Waals surface area contributed by atoms with E-state index >= 15 is 0 Å². The van der Waals surface area contributed by atoms with E-state index in [2.05, 4.69) is 4.74 Å². The van der Waals surface area contributed by atoms with Gasteiger partial charge in [0.25, 0.3) is 0 Å². The number of rotatable bonds is 3. The van der Waals surface area contributed by atoms with Crippen LogP contribution in [0.1, 0.15) is 22.8 Å². The Labute approximate surface area is 84.7 Å². The minimum atomic E-state index is -3.08. The summed E-state index contributed by atoms with van der Waals surface area (Å²) in [4.78, 5) is 11.0. The van der Waals surface area contributed by atoms with Crippen molar-refractivity contribution in [3.05, 3.63) is 29.1 Å². The molecule has 2 nitrogen and oxygen atoms in total. The van der Waals surface area contributed by atoms with Gasteiger partial charge in [-0.05, 0) is 31.5 Å². The van der Waals surface area contributed by atoms with Crippen molar-refractivity contribution in [1.82, 2.24) is 0 Å². The van der Waals surface area contributed by atoms with Gasteiger partial charge in [0.2, 0.25) is 0 Å². The standard InChI is InChI=1S/C10H9F3O2/c1-5-3-7(11)9(6(2)14)8(4-5)15-10(12)13/h3-4,10H,1-2H3. The summed E-state index contributed by atoms with van der Waals surface area (Å²) in [6, 6.07) is 2.29. The van der Waals surface area contributed by atoms with E-state index in [9.17, 15) is 18.0 Å². The zero-order chi connectivity index (χ0) is 11.6. The number of ketones is 1. The van der Waals surface area contributed by atoms with Crippen molar-refractivity contribution in [2.75, 3.05) is 0 Å². The third kappa shape index (κ3) is 2.71. The zero-order valence-electron chi connectivity index (χ0n) is 8.18. The maximum atomic E-state index is 13.3. The molecule has 0 saturated carbocycles. The van der Waals surface area contributed by atoms with Gasteiger partial charge in [0, 0.05) is 0 Å². The van der Waals surface area contributed by atoms with Crippen LogP contribution in [-0.4, -0.2) is 12.4 Å². The molecule has 0 aromatic heterocycles. The first-order chi connectivity index (χ1) is 6.91. The Morgan fingerprint density at radius 2 is 2.00 bits per heavy atom. The summed E-state index contributed by atoms with van der Waals surface area (Å²) in [5.74, 6) is -1.92. The second kappa shape index (κ2) is 4.33. The molecule has 0 fully saturated rings. The highest BCUT2D eigenvalue weighted by Gasteiger charge is 2.18. The zero-order valence-corrected chi connectivity index (χ0v) is 8.18. The molecular formula is C10H9F3O2. The van der Waals surface area contributed by atoms with Gasteiger partial charge in [0.05, 0.1) is 5.56 Å². The minimum absolute atomic E-state index is 0.410. The van der Waals surface area contributed by atoms with Crippen molar-refractivity contribution in [3.63, 3.8) is 0 Å². The van der Waals surface area contributed by atoms with Gasteiger partial charge < -0.3 is 4.74 Å². The van der Waals surface area contributed by atoms with Gasteiger partial charge in [0.1, 0.15) is 11.6 Å². The average molecular weight is 218 g/mol. The van der Waals surface area contributed by atoms with E-state index in [0.717, 1.165) is 13.0 Å². The lowest BCUT2D eigenvalue weighted by atomic mass is 10.1. The summed E-state index contributed by atoms with van der Waals surface area (Å²) in [5.41, 5.74) is -0.0333. The Bertz CT molecular complexity index is 388. The maximum Gasteiger partial charge on any atom is 0.387 e. The van der Waals surface area contributed by atoms with E-state index < -0.39 is 29.5 Å². The van der Waals surface area contributed by atoms with Gasteiger partial charge in [-0.15, -0.1) is 0 Å². The first-order valence-electron chi connectivity index (χ1n) is 4.17. The Morgan fingerprint density at radius 3 is 2.47 bits per heavy atom. The Kier molecular flexibility index (Phi) is 3.34. The number of alkyl halides is 2. The molecule has 0 saturated heterocycles. The van der Waals surface area contributed by atoms with Crippen LogP contribution in [-0.2, 0) is 0 Å². The van der Waals surface area contributed by atoms with E-state index in [4.69, 9.17) is 0 Å². The Morgan fingerprint density at radius 1 is 1.40 bits per heavy atom. The molecule has 1 aromatic carbocycles. The summed E-state index contributed by atoms with van der Waals surface area (Å²) in [6.45, 7) is -0.471. The number of carbonyl (C=O) groups is 1. The first-order valence-corrected chi connectivity index (χ1v) is 4.17. The maximum absolute atomic E-state index is 13.3. The second-order valence-electron chi connectivity index (χ2n) is 3.05. The third-order valence-electron chi connectivity index (χ3n) is 1.77. The molecule has 1 aromatic rings. The fourth-order valence-corrected chi connectivity index (χ4v) is 1.24. The first kappa shape index (κ1) is 11.6. The normalized spacial score (nSPS) is 10.5. The lowest BCUT2D eigenvalue weighted by Crippen LogP contribution is -2.08. The molecule has 0 aliphatic heterocycles. The van der Waals surface area contributed by atoms with Crippen LogP contribution in [0.5, 0.6) is 5.75 Å². The predicted octanol–water partition coefficient (Wildman–Crippen LogP) is 2.94. The Hall–Kier alpha value is -1.52. The molecular weight excluding hydrogens is 209 g/mol. The van der Waals surface area contributed by atoms with Gasteiger partial charge in [-0.25, -0.2) is 4.39 Å². The predicted molar refractivity (Wildman–Crippen MR) is 47.8 cm³/mol. The van der Waals surface area contributed by atoms with Crippen molar-refractivity contribution in [2.24, 2.45) is 0 Å². The van der Waals surface area contributed by atoms with Crippen LogP contribution >= 0.6 is 0 Å². The van der Waals surface area contributed by atoms with Gasteiger partial charge in [0.15, 0.2) is 5.78 Å². The summed E-state index contributed by atoms with van der Waals surface area (Å²) >= 11 is 0. The number of carbonyl (C=O) groups excluding carboxylic acids is 1. The van der Waals surface area contributed by atoms with E-state index in [1.54, 1.807) is 0 Å². The molecule has 0 N–H and O–H groups in total. The van der Waals surface area contributed by atoms with Crippen LogP contribution in [0.4, 0.5) is 13.2 Å². The number of hydrogen-bond acceptors (Lipinski definition) is 2. The van der Waals surface area contributed by atoms with Crippen molar-refractivity contribution in [2.45, 2.75) is 20.5 Å². The summed E-state index contributed by atoms with van der Waals surface area (Å²) in [7, 11) is 0. The van der Waals surface area contributed by atoms with Crippen LogP contribution in [0.25, 0.3) is 0 Å². The lowest BCUT2D eigenvalue weighted by Gasteiger charge is -2.10. The van der Waals surface area contributed by atoms with Crippen molar-refractivity contribution in [3.8, 4) is 5.75 Å². The quantitative estimate of drug-likeness (QED) is 0.729. The number of ether oxygens (including phenoxy) is 1.